The molecule has 0 saturated carbocycles. The minimum atomic E-state index is 0.769. The van der Waals surface area contributed by atoms with Crippen molar-refractivity contribution in [3.05, 3.63) is 26.1 Å². The normalized spacial score (nSPS) is 10.6. The summed E-state index contributed by atoms with van der Waals surface area (Å²) in [5.74, 6) is 1.60. The zero-order valence-corrected chi connectivity index (χ0v) is 13.4. The van der Waals surface area contributed by atoms with Gasteiger partial charge in [0.2, 0.25) is 0 Å². The Labute approximate surface area is 121 Å². The first-order chi connectivity index (χ1) is 8.15. The monoisotopic (exact) mass is 375 g/mol. The lowest BCUT2D eigenvalue weighted by atomic mass is 10.3. The molecule has 0 saturated heterocycles. The molecule has 0 aromatic carbocycles. The van der Waals surface area contributed by atoms with E-state index in [1.54, 1.807) is 11.3 Å². The van der Waals surface area contributed by atoms with Crippen molar-refractivity contribution in [3.63, 3.8) is 0 Å². The van der Waals surface area contributed by atoms with Crippen LogP contribution in [0.4, 0.5) is 5.82 Å². The van der Waals surface area contributed by atoms with Crippen LogP contribution in [-0.4, -0.2) is 17.0 Å². The van der Waals surface area contributed by atoms with Gasteiger partial charge in [-0.3, -0.25) is 0 Å². The summed E-state index contributed by atoms with van der Waals surface area (Å²) in [6.45, 7) is 2.08. The molecule has 0 fully saturated rings. The topological polar surface area (TPSA) is 37.8 Å². The van der Waals surface area contributed by atoms with Crippen LogP contribution in [-0.2, 0) is 6.42 Å². The average molecular weight is 377 g/mol. The molecule has 0 amide bonds. The minimum Gasteiger partial charge on any atom is -0.372 e. The second-order valence-electron chi connectivity index (χ2n) is 3.36. The van der Waals surface area contributed by atoms with Crippen LogP contribution in [0.2, 0.25) is 0 Å². The van der Waals surface area contributed by atoms with Gasteiger partial charge < -0.3 is 5.32 Å². The van der Waals surface area contributed by atoms with E-state index in [0.717, 1.165) is 36.9 Å². The van der Waals surface area contributed by atoms with E-state index in [0.29, 0.717) is 0 Å². The molecule has 6 heteroatoms. The van der Waals surface area contributed by atoms with Crippen LogP contribution in [0.3, 0.4) is 0 Å². The SMILES string of the molecule is CCc1nc(-c2ccc(Br)s2)nc(NC)c1Br. The highest BCUT2D eigenvalue weighted by molar-refractivity contribution is 9.11. The van der Waals surface area contributed by atoms with Crippen molar-refractivity contribution in [2.24, 2.45) is 0 Å². The Morgan fingerprint density at radius 2 is 2.06 bits per heavy atom. The molecule has 0 bridgehead atoms. The number of aryl methyl sites for hydroxylation is 1. The van der Waals surface area contributed by atoms with E-state index in [1.165, 1.54) is 0 Å². The van der Waals surface area contributed by atoms with Crippen molar-refractivity contribution < 1.29 is 0 Å². The predicted molar refractivity (Wildman–Crippen MR) is 79.7 cm³/mol. The fraction of sp³-hybridized carbons (Fsp3) is 0.273. The number of hydrogen-bond acceptors (Lipinski definition) is 4. The summed E-state index contributed by atoms with van der Waals surface area (Å²) in [7, 11) is 1.86. The Morgan fingerprint density at radius 1 is 1.29 bits per heavy atom. The van der Waals surface area contributed by atoms with Crippen LogP contribution in [0.5, 0.6) is 0 Å². The van der Waals surface area contributed by atoms with Crippen molar-refractivity contribution in [3.8, 4) is 10.7 Å². The lowest BCUT2D eigenvalue weighted by Gasteiger charge is -2.08. The Bertz CT molecular complexity index is 514. The highest BCUT2D eigenvalue weighted by Crippen LogP contribution is 2.32. The van der Waals surface area contributed by atoms with Gasteiger partial charge in [-0.05, 0) is 50.4 Å². The van der Waals surface area contributed by atoms with E-state index in [4.69, 9.17) is 0 Å². The van der Waals surface area contributed by atoms with Crippen molar-refractivity contribution in [2.45, 2.75) is 13.3 Å². The number of halogens is 2. The zero-order valence-electron chi connectivity index (χ0n) is 9.42. The number of thiophene rings is 1. The van der Waals surface area contributed by atoms with Crippen molar-refractivity contribution in [1.82, 2.24) is 9.97 Å². The molecule has 1 N–H and O–H groups in total. The quantitative estimate of drug-likeness (QED) is 0.865. The van der Waals surface area contributed by atoms with Crippen LogP contribution in [0, 0.1) is 0 Å². The maximum Gasteiger partial charge on any atom is 0.171 e. The van der Waals surface area contributed by atoms with E-state index in [2.05, 4.69) is 54.1 Å². The van der Waals surface area contributed by atoms with E-state index in [-0.39, 0.29) is 0 Å². The van der Waals surface area contributed by atoms with Gasteiger partial charge >= 0.3 is 0 Å². The lowest BCUT2D eigenvalue weighted by Crippen LogP contribution is -2.02. The van der Waals surface area contributed by atoms with Gasteiger partial charge in [0.1, 0.15) is 5.82 Å². The fourth-order valence-electron chi connectivity index (χ4n) is 1.44. The van der Waals surface area contributed by atoms with Gasteiger partial charge in [-0.25, -0.2) is 9.97 Å². The highest BCUT2D eigenvalue weighted by atomic mass is 79.9. The predicted octanol–water partition coefficient (Wildman–Crippen LogP) is 4.33. The summed E-state index contributed by atoms with van der Waals surface area (Å²) in [4.78, 5) is 10.1. The van der Waals surface area contributed by atoms with E-state index < -0.39 is 0 Å². The number of anilines is 1. The second kappa shape index (κ2) is 5.46. The fourth-order valence-corrected chi connectivity index (χ4v) is 3.41. The van der Waals surface area contributed by atoms with E-state index >= 15 is 0 Å². The number of nitrogens with one attached hydrogen (secondary N) is 1. The molecule has 0 aliphatic rings. The van der Waals surface area contributed by atoms with Gasteiger partial charge in [-0.1, -0.05) is 6.92 Å². The maximum atomic E-state index is 4.57. The first kappa shape index (κ1) is 13.0. The summed E-state index contributed by atoms with van der Waals surface area (Å²) in [6.07, 6.45) is 0.872. The third kappa shape index (κ3) is 2.69. The zero-order chi connectivity index (χ0) is 12.4. The lowest BCUT2D eigenvalue weighted by molar-refractivity contribution is 0.994. The van der Waals surface area contributed by atoms with Gasteiger partial charge in [-0.2, -0.15) is 0 Å². The molecule has 0 aliphatic carbocycles. The molecular formula is C11H11Br2N3S. The first-order valence-corrected chi connectivity index (χ1v) is 7.55. The molecule has 2 aromatic rings. The first-order valence-electron chi connectivity index (χ1n) is 5.15. The largest absolute Gasteiger partial charge is 0.372 e. The van der Waals surface area contributed by atoms with Gasteiger partial charge in [0.15, 0.2) is 5.82 Å². The highest BCUT2D eigenvalue weighted by Gasteiger charge is 2.12. The molecule has 0 spiro atoms. The molecule has 3 nitrogen and oxygen atoms in total. The average Bonchev–Trinajstić information content (AvgIpc) is 2.76. The molecule has 2 aromatic heterocycles. The smallest absolute Gasteiger partial charge is 0.171 e. The van der Waals surface area contributed by atoms with E-state index in [9.17, 15) is 0 Å². The van der Waals surface area contributed by atoms with Crippen molar-refractivity contribution in [2.75, 3.05) is 12.4 Å². The molecule has 17 heavy (non-hydrogen) atoms. The van der Waals surface area contributed by atoms with Gasteiger partial charge in [0.05, 0.1) is 18.8 Å². The van der Waals surface area contributed by atoms with Gasteiger partial charge in [0.25, 0.3) is 0 Å². The minimum absolute atomic E-state index is 0.769. The van der Waals surface area contributed by atoms with Crippen LogP contribution < -0.4 is 5.32 Å². The van der Waals surface area contributed by atoms with Crippen LogP contribution in [0.1, 0.15) is 12.6 Å². The van der Waals surface area contributed by atoms with Gasteiger partial charge in [-0.15, -0.1) is 11.3 Å². The van der Waals surface area contributed by atoms with Crippen molar-refractivity contribution in [1.29, 1.82) is 0 Å². The number of rotatable bonds is 3. The van der Waals surface area contributed by atoms with Crippen molar-refractivity contribution >= 4 is 49.0 Å². The summed E-state index contributed by atoms with van der Waals surface area (Å²) in [5.41, 5.74) is 1.02. The molecule has 90 valence electrons. The Balaban J connectivity index is 2.55. The molecule has 0 aliphatic heterocycles. The third-order valence-electron chi connectivity index (χ3n) is 2.29. The third-order valence-corrected chi connectivity index (χ3v) is 4.74. The Hall–Kier alpha value is -0.460. The van der Waals surface area contributed by atoms with Crippen LogP contribution in [0.25, 0.3) is 10.7 Å². The maximum absolute atomic E-state index is 4.57. The summed E-state index contributed by atoms with van der Waals surface area (Å²) in [5, 5.41) is 3.08. The molecular weight excluding hydrogens is 366 g/mol. The molecule has 2 heterocycles. The Morgan fingerprint density at radius 3 is 2.59 bits per heavy atom. The molecule has 0 atom stereocenters. The van der Waals surface area contributed by atoms with Crippen LogP contribution in [0.15, 0.2) is 20.4 Å². The van der Waals surface area contributed by atoms with E-state index in [1.807, 2.05) is 19.2 Å². The summed E-state index contributed by atoms with van der Waals surface area (Å²) < 4.78 is 2.03. The number of nitrogens with zero attached hydrogens (tertiary/aromatic N) is 2. The molecule has 2 rings (SSSR count). The van der Waals surface area contributed by atoms with Gasteiger partial charge in [0, 0.05) is 7.05 Å². The summed E-state index contributed by atoms with van der Waals surface area (Å²) >= 11 is 8.61. The number of aromatic nitrogens is 2. The van der Waals surface area contributed by atoms with Crippen LogP contribution >= 0.6 is 43.2 Å². The Kier molecular flexibility index (Phi) is 4.17. The molecule has 0 unspecified atom stereocenters. The molecule has 0 radical (unpaired) electrons. The summed E-state index contributed by atoms with van der Waals surface area (Å²) in [6, 6.07) is 4.03. The number of hydrogen-bond donors (Lipinski definition) is 1. The second-order valence-corrected chi connectivity index (χ2v) is 6.62. The standard InChI is InChI=1S/C11H11Br2N3S/c1-3-6-9(13)11(14-2)16-10(15-6)7-4-5-8(12)17-7/h4-5H,3H2,1-2H3,(H,14,15,16).